The van der Waals surface area contributed by atoms with E-state index in [1.807, 2.05) is 31.2 Å². The molecule has 0 unspecified atom stereocenters. The van der Waals surface area contributed by atoms with Crippen LogP contribution >= 0.6 is 11.8 Å². The number of ether oxygens (including phenoxy) is 1. The monoisotopic (exact) mass is 464 g/mol. The van der Waals surface area contributed by atoms with Gasteiger partial charge in [0.05, 0.1) is 12.7 Å². The summed E-state index contributed by atoms with van der Waals surface area (Å²) in [5, 5.41) is 9.80. The van der Waals surface area contributed by atoms with Crippen molar-refractivity contribution in [2.75, 3.05) is 43.1 Å². The number of rotatable bonds is 7. The Kier molecular flexibility index (Phi) is 7.03. The first-order chi connectivity index (χ1) is 15.9. The summed E-state index contributed by atoms with van der Waals surface area (Å²) in [6.07, 6.45) is 0. The Bertz CT molecular complexity index is 1110. The average Bonchev–Trinajstić information content (AvgIpc) is 2.85. The van der Waals surface area contributed by atoms with Gasteiger partial charge in [-0.2, -0.15) is 0 Å². The minimum atomic E-state index is -0.913. The Morgan fingerprint density at radius 2 is 1.61 bits per heavy atom. The zero-order valence-corrected chi connectivity index (χ0v) is 19.9. The normalized spacial score (nSPS) is 13.8. The van der Waals surface area contributed by atoms with Crippen molar-refractivity contribution in [2.24, 2.45) is 0 Å². The molecule has 33 heavy (non-hydrogen) atoms. The molecule has 0 amide bonds. The van der Waals surface area contributed by atoms with E-state index in [0.29, 0.717) is 11.3 Å². The molecule has 2 heterocycles. The van der Waals surface area contributed by atoms with Gasteiger partial charge in [-0.15, -0.1) is 0 Å². The number of anilines is 2. The van der Waals surface area contributed by atoms with Crippen molar-refractivity contribution in [3.63, 3.8) is 0 Å². The fraction of sp³-hybridized carbons (Fsp3) is 0.320. The molecule has 1 saturated heterocycles. The van der Waals surface area contributed by atoms with Gasteiger partial charge in [-0.1, -0.05) is 23.9 Å². The van der Waals surface area contributed by atoms with Gasteiger partial charge >= 0.3 is 5.97 Å². The van der Waals surface area contributed by atoms with Crippen molar-refractivity contribution >= 4 is 29.2 Å². The van der Waals surface area contributed by atoms with Crippen LogP contribution in [0.15, 0.2) is 53.7 Å². The number of aryl methyl sites for hydroxylation is 1. The van der Waals surface area contributed by atoms with Gasteiger partial charge in [-0.25, -0.2) is 14.8 Å². The summed E-state index contributed by atoms with van der Waals surface area (Å²) in [4.78, 5) is 25.3. The van der Waals surface area contributed by atoms with E-state index < -0.39 is 5.97 Å². The van der Waals surface area contributed by atoms with Gasteiger partial charge in [0.2, 0.25) is 0 Å². The van der Waals surface area contributed by atoms with Crippen LogP contribution in [0.2, 0.25) is 0 Å². The van der Waals surface area contributed by atoms with Crippen LogP contribution in [0, 0.1) is 13.8 Å². The second kappa shape index (κ2) is 10.1. The fourth-order valence-corrected chi connectivity index (χ4v) is 4.66. The molecule has 0 radical (unpaired) electrons. The largest absolute Gasteiger partial charge is 0.497 e. The van der Waals surface area contributed by atoms with Crippen LogP contribution in [0.4, 0.5) is 11.5 Å². The number of thioether (sulfide) groups is 1. The molecule has 4 rings (SSSR count). The van der Waals surface area contributed by atoms with E-state index in [-0.39, 0.29) is 0 Å². The maximum Gasteiger partial charge on any atom is 0.335 e. The van der Waals surface area contributed by atoms with E-state index >= 15 is 0 Å². The summed E-state index contributed by atoms with van der Waals surface area (Å²) < 4.78 is 5.26. The number of aromatic carboxylic acids is 1. The highest BCUT2D eigenvalue weighted by Gasteiger charge is 2.21. The van der Waals surface area contributed by atoms with Crippen molar-refractivity contribution in [1.29, 1.82) is 0 Å². The minimum Gasteiger partial charge on any atom is -0.497 e. The maximum absolute atomic E-state index is 11.0. The molecule has 0 bridgehead atoms. The first-order valence-corrected chi connectivity index (χ1v) is 11.9. The zero-order chi connectivity index (χ0) is 23.4. The topological polar surface area (TPSA) is 78.8 Å². The van der Waals surface area contributed by atoms with E-state index in [4.69, 9.17) is 14.8 Å². The van der Waals surface area contributed by atoms with E-state index in [1.165, 1.54) is 5.69 Å². The third kappa shape index (κ3) is 5.39. The summed E-state index contributed by atoms with van der Waals surface area (Å²) in [7, 11) is 1.68. The highest BCUT2D eigenvalue weighted by Crippen LogP contribution is 2.28. The lowest BCUT2D eigenvalue weighted by atomic mass is 10.1. The molecule has 1 aliphatic rings. The number of hydrogen-bond acceptors (Lipinski definition) is 7. The Morgan fingerprint density at radius 1 is 0.970 bits per heavy atom. The van der Waals surface area contributed by atoms with Crippen LogP contribution in [0.25, 0.3) is 0 Å². The molecule has 3 aromatic rings. The molecule has 172 valence electrons. The van der Waals surface area contributed by atoms with Gasteiger partial charge in [0, 0.05) is 48.9 Å². The Hall–Kier alpha value is -3.26. The number of carboxylic acid groups (broad SMARTS) is 1. The number of carboxylic acids is 1. The number of piperazine rings is 1. The summed E-state index contributed by atoms with van der Waals surface area (Å²) in [5.74, 6) is 1.64. The van der Waals surface area contributed by atoms with Crippen LogP contribution in [0.5, 0.6) is 5.75 Å². The third-order valence-electron chi connectivity index (χ3n) is 5.93. The molecule has 0 saturated carbocycles. The average molecular weight is 465 g/mol. The Morgan fingerprint density at radius 3 is 2.21 bits per heavy atom. The number of methoxy groups -OCH3 is 1. The van der Waals surface area contributed by atoms with E-state index in [2.05, 4.69) is 33.8 Å². The van der Waals surface area contributed by atoms with E-state index in [1.54, 1.807) is 31.0 Å². The van der Waals surface area contributed by atoms with E-state index in [9.17, 15) is 4.79 Å². The van der Waals surface area contributed by atoms with Gasteiger partial charge in [0.25, 0.3) is 0 Å². The number of carbonyl (C=O) groups is 1. The van der Waals surface area contributed by atoms with Crippen LogP contribution < -0.4 is 14.5 Å². The molecular formula is C25H28N4O3S. The van der Waals surface area contributed by atoms with Crippen LogP contribution in [-0.2, 0) is 5.75 Å². The quantitative estimate of drug-likeness (QED) is 0.407. The van der Waals surface area contributed by atoms with Crippen molar-refractivity contribution in [3.05, 3.63) is 70.9 Å². The predicted molar refractivity (Wildman–Crippen MR) is 132 cm³/mol. The molecule has 7 nitrogen and oxygen atoms in total. The fourth-order valence-electron chi connectivity index (χ4n) is 3.82. The molecule has 1 fully saturated rings. The Balaban J connectivity index is 1.42. The highest BCUT2D eigenvalue weighted by atomic mass is 32.2. The molecule has 0 spiro atoms. The first kappa shape index (κ1) is 22.9. The predicted octanol–water partition coefficient (Wildman–Crippen LogP) is 4.42. The summed E-state index contributed by atoms with van der Waals surface area (Å²) in [6, 6.07) is 15.2. The lowest BCUT2D eigenvalue weighted by Gasteiger charge is -2.37. The van der Waals surface area contributed by atoms with Crippen molar-refractivity contribution in [2.45, 2.75) is 24.8 Å². The van der Waals surface area contributed by atoms with Crippen molar-refractivity contribution in [3.8, 4) is 5.75 Å². The lowest BCUT2D eigenvalue weighted by Crippen LogP contribution is -2.47. The molecule has 8 heteroatoms. The molecule has 2 aromatic carbocycles. The summed E-state index contributed by atoms with van der Waals surface area (Å²) in [6.45, 7) is 7.74. The second-order valence-electron chi connectivity index (χ2n) is 8.00. The number of hydrogen-bond donors (Lipinski definition) is 1. The van der Waals surface area contributed by atoms with Crippen molar-refractivity contribution in [1.82, 2.24) is 9.97 Å². The standard InChI is InChI=1S/C25H28N4O3S/c1-17-18(2)26-25(33-16-19-4-6-20(7-5-19)24(30)31)27-23(17)29-14-12-28(13-15-29)21-8-10-22(32-3)11-9-21/h4-11H,12-16H2,1-3H3,(H,30,31). The lowest BCUT2D eigenvalue weighted by molar-refractivity contribution is 0.0697. The van der Waals surface area contributed by atoms with Crippen LogP contribution in [-0.4, -0.2) is 54.3 Å². The van der Waals surface area contributed by atoms with Crippen LogP contribution in [0.3, 0.4) is 0 Å². The van der Waals surface area contributed by atoms with Gasteiger partial charge < -0.3 is 19.6 Å². The third-order valence-corrected chi connectivity index (χ3v) is 6.85. The molecular weight excluding hydrogens is 436 g/mol. The minimum absolute atomic E-state index is 0.294. The molecule has 0 aliphatic carbocycles. The van der Waals surface area contributed by atoms with Gasteiger partial charge in [0.1, 0.15) is 11.6 Å². The second-order valence-corrected chi connectivity index (χ2v) is 8.95. The van der Waals surface area contributed by atoms with Crippen LogP contribution in [0.1, 0.15) is 27.2 Å². The molecule has 1 aliphatic heterocycles. The SMILES string of the molecule is COc1ccc(N2CCN(c3nc(SCc4ccc(C(=O)O)cc4)nc(C)c3C)CC2)cc1. The summed E-state index contributed by atoms with van der Waals surface area (Å²) >= 11 is 1.57. The van der Waals surface area contributed by atoms with Gasteiger partial charge in [0.15, 0.2) is 5.16 Å². The van der Waals surface area contributed by atoms with E-state index in [0.717, 1.165) is 59.7 Å². The number of aromatic nitrogens is 2. The zero-order valence-electron chi connectivity index (χ0n) is 19.1. The molecule has 1 aromatic heterocycles. The first-order valence-electron chi connectivity index (χ1n) is 10.9. The Labute approximate surface area is 198 Å². The maximum atomic E-state index is 11.0. The smallest absolute Gasteiger partial charge is 0.335 e. The van der Waals surface area contributed by atoms with Gasteiger partial charge in [-0.05, 0) is 55.8 Å². The summed E-state index contributed by atoms with van der Waals surface area (Å²) in [5.41, 5.74) is 4.64. The number of benzene rings is 2. The molecule has 0 atom stereocenters. The van der Waals surface area contributed by atoms with Crippen molar-refractivity contribution < 1.29 is 14.6 Å². The van der Waals surface area contributed by atoms with Gasteiger partial charge in [-0.3, -0.25) is 0 Å². The highest BCUT2D eigenvalue weighted by molar-refractivity contribution is 7.98. The molecule has 1 N–H and O–H groups in total. The number of nitrogens with zero attached hydrogens (tertiary/aromatic N) is 4.